The van der Waals surface area contributed by atoms with Crippen molar-refractivity contribution < 1.29 is 34.4 Å². The Balaban J connectivity index is 3.19. The van der Waals surface area contributed by atoms with Gasteiger partial charge in [0.05, 0.1) is 30.2 Å². The monoisotopic (exact) mass is 351 g/mol. The van der Waals surface area contributed by atoms with Gasteiger partial charge in [0.2, 0.25) is 5.91 Å². The third-order valence-corrected chi connectivity index (χ3v) is 4.06. The number of aliphatic hydroxyl groups is 2. The van der Waals surface area contributed by atoms with Crippen LogP contribution < -0.4 is 5.32 Å². The van der Waals surface area contributed by atoms with Crippen LogP contribution in [0.25, 0.3) is 0 Å². The number of hydrogen-bond acceptors (Lipinski definition) is 6. The van der Waals surface area contributed by atoms with E-state index in [1.54, 1.807) is 13.8 Å². The van der Waals surface area contributed by atoms with Gasteiger partial charge in [0.25, 0.3) is 5.79 Å². The number of aliphatic carboxylic acids is 1. The lowest BCUT2D eigenvalue weighted by molar-refractivity contribution is -0.307. The average molecular weight is 351 g/mol. The highest BCUT2D eigenvalue weighted by Crippen LogP contribution is 2.36. The second-order valence-corrected chi connectivity index (χ2v) is 7.00. The molecule has 0 spiro atoms. The Labute approximate surface area is 137 Å². The minimum Gasteiger partial charge on any atom is -0.477 e. The summed E-state index contributed by atoms with van der Waals surface area (Å²) in [6, 6.07) is -0.840. The highest BCUT2D eigenvalue weighted by molar-refractivity contribution is 7.17. The van der Waals surface area contributed by atoms with Gasteiger partial charge in [-0.3, -0.25) is 4.79 Å². The number of carbonyl (C=O) groups excluding carboxylic acids is 1. The molecule has 0 aromatic carbocycles. The summed E-state index contributed by atoms with van der Waals surface area (Å²) in [4.78, 5) is 23.1. The van der Waals surface area contributed by atoms with Crippen molar-refractivity contribution in [3.63, 3.8) is 0 Å². The molecule has 1 aliphatic heterocycles. The quantitative estimate of drug-likeness (QED) is 0.483. The van der Waals surface area contributed by atoms with Gasteiger partial charge in [0, 0.05) is 19.3 Å². The molecule has 3 unspecified atom stereocenters. The lowest BCUT2D eigenvalue weighted by Gasteiger charge is -2.47. The van der Waals surface area contributed by atoms with Crippen LogP contribution in [0.1, 0.15) is 34.1 Å². The third kappa shape index (κ3) is 4.84. The predicted molar refractivity (Wildman–Crippen MR) is 84.6 cm³/mol. The molecule has 1 heterocycles. The minimum atomic E-state index is -2.04. The molecule has 0 aromatic heterocycles. The van der Waals surface area contributed by atoms with E-state index in [0.717, 1.165) is 0 Å². The largest absolute Gasteiger partial charge is 0.477 e. The lowest BCUT2D eigenvalue weighted by Crippen LogP contribution is -2.66. The summed E-state index contributed by atoms with van der Waals surface area (Å²) < 4.78 is 11.1. The number of nitrogens with one attached hydrogen (secondary N) is 1. The van der Waals surface area contributed by atoms with Crippen molar-refractivity contribution >= 4 is 21.1 Å². The first-order valence-corrected chi connectivity index (χ1v) is 8.14. The van der Waals surface area contributed by atoms with Crippen LogP contribution in [0.4, 0.5) is 0 Å². The fourth-order valence-electron chi connectivity index (χ4n) is 2.65. The molecule has 4 N–H and O–H groups in total. The molecule has 0 bridgehead atoms. The number of carbonyl (C=O) groups is 2. The number of carboxylic acids is 1. The minimum absolute atomic E-state index is 0.338. The molecule has 0 aromatic rings. The van der Waals surface area contributed by atoms with Crippen LogP contribution in [0.3, 0.4) is 0 Å². The highest BCUT2D eigenvalue weighted by atomic mass is 31.0. The van der Waals surface area contributed by atoms with Crippen molar-refractivity contribution in [3.05, 3.63) is 0 Å². The number of carboxylic acid groups (broad SMARTS) is 1. The molecule has 1 aliphatic rings. The van der Waals surface area contributed by atoms with Crippen molar-refractivity contribution in [2.75, 3.05) is 0 Å². The van der Waals surface area contributed by atoms with Gasteiger partial charge in [-0.05, 0) is 13.8 Å². The van der Waals surface area contributed by atoms with Crippen molar-refractivity contribution in [1.82, 2.24) is 5.32 Å². The van der Waals surface area contributed by atoms with Crippen molar-refractivity contribution in [2.24, 2.45) is 5.92 Å². The van der Waals surface area contributed by atoms with Crippen LogP contribution in [0, 0.1) is 5.92 Å². The van der Waals surface area contributed by atoms with Gasteiger partial charge in [-0.2, -0.15) is 0 Å². The molecule has 1 rings (SSSR count). The Morgan fingerprint density at radius 1 is 1.39 bits per heavy atom. The van der Waals surface area contributed by atoms with E-state index in [2.05, 4.69) is 14.6 Å². The zero-order valence-corrected chi connectivity index (χ0v) is 14.9. The smallest absolute Gasteiger partial charge is 0.364 e. The van der Waals surface area contributed by atoms with Crippen molar-refractivity contribution in [2.45, 2.75) is 70.1 Å². The Bertz CT molecular complexity index is 445. The van der Waals surface area contributed by atoms with Crippen LogP contribution in [0.15, 0.2) is 0 Å². The number of amides is 1. The third-order valence-electron chi connectivity index (χ3n) is 3.92. The number of aliphatic hydroxyl groups excluding tert-OH is 2. The second kappa shape index (κ2) is 7.85. The summed E-state index contributed by atoms with van der Waals surface area (Å²) in [6.45, 7) is 6.09. The fraction of sp³-hybridized carbons (Fsp3) is 0.857. The molecular weight excluding hydrogens is 325 g/mol. The second-order valence-electron chi connectivity index (χ2n) is 6.06. The summed E-state index contributed by atoms with van der Waals surface area (Å²) in [5, 5.41) is 32.3. The van der Waals surface area contributed by atoms with Crippen LogP contribution >= 0.6 is 9.24 Å². The standard InChI is InChI=1S/C14H26NO7P/c1-6(7(2)16)12-11(15-8(3)17)10(18)5-14(22-12,13(19)20)21-9(4)23/h6-7,9-12,16,18H,5,23H2,1-4H3,(H,15,17)(H,19,20)/t6-,7-,9?,10+,11-,12?,14-/m0/s1. The molecule has 0 aliphatic carbocycles. The van der Waals surface area contributed by atoms with E-state index in [0.29, 0.717) is 0 Å². The molecule has 23 heavy (non-hydrogen) atoms. The number of rotatable bonds is 6. The molecule has 8 atom stereocenters. The summed E-state index contributed by atoms with van der Waals surface area (Å²) in [7, 11) is 2.30. The van der Waals surface area contributed by atoms with Crippen molar-refractivity contribution in [1.29, 1.82) is 0 Å². The van der Waals surface area contributed by atoms with E-state index in [4.69, 9.17) is 9.47 Å². The SMILES string of the molecule is CC(=O)N[C@@H]1C([C@@H](C)[C@H](C)O)O[C@](OC(C)P)(C(=O)O)C[C@H]1O. The molecule has 0 saturated carbocycles. The molecule has 134 valence electrons. The number of hydrogen-bond donors (Lipinski definition) is 4. The highest BCUT2D eigenvalue weighted by Gasteiger charge is 2.55. The van der Waals surface area contributed by atoms with Crippen LogP contribution in [0.5, 0.6) is 0 Å². The first-order valence-electron chi connectivity index (χ1n) is 7.48. The zero-order valence-electron chi connectivity index (χ0n) is 13.7. The maximum atomic E-state index is 11.7. The first kappa shape index (κ1) is 20.3. The summed E-state index contributed by atoms with van der Waals surface area (Å²) in [6.07, 6.45) is -3.29. The van der Waals surface area contributed by atoms with Gasteiger partial charge < -0.3 is 30.1 Å². The van der Waals surface area contributed by atoms with Gasteiger partial charge >= 0.3 is 5.97 Å². The van der Waals surface area contributed by atoms with Gasteiger partial charge in [-0.1, -0.05) is 6.92 Å². The van der Waals surface area contributed by atoms with E-state index < -0.39 is 47.9 Å². The molecule has 1 fully saturated rings. The van der Waals surface area contributed by atoms with E-state index in [1.165, 1.54) is 13.8 Å². The van der Waals surface area contributed by atoms with Gasteiger partial charge in [-0.25, -0.2) is 4.79 Å². The fourth-order valence-corrected chi connectivity index (χ4v) is 2.87. The van der Waals surface area contributed by atoms with Crippen molar-refractivity contribution in [3.8, 4) is 0 Å². The van der Waals surface area contributed by atoms with Gasteiger partial charge in [-0.15, -0.1) is 9.24 Å². The molecule has 8 nitrogen and oxygen atoms in total. The maximum absolute atomic E-state index is 11.7. The average Bonchev–Trinajstić information content (AvgIpc) is 2.39. The van der Waals surface area contributed by atoms with E-state index in [9.17, 15) is 24.9 Å². The summed E-state index contributed by atoms with van der Waals surface area (Å²) >= 11 is 0. The Kier molecular flexibility index (Phi) is 6.92. The Hall–Kier alpha value is -0.790. The molecule has 1 amide bonds. The zero-order chi connectivity index (χ0) is 17.9. The molecule has 9 heteroatoms. The van der Waals surface area contributed by atoms with E-state index >= 15 is 0 Å². The van der Waals surface area contributed by atoms with Crippen LogP contribution in [0.2, 0.25) is 0 Å². The van der Waals surface area contributed by atoms with E-state index in [1.807, 2.05) is 0 Å². The summed E-state index contributed by atoms with van der Waals surface area (Å²) in [5.74, 6) is -4.86. The maximum Gasteiger partial charge on any atom is 0.364 e. The topological polar surface area (TPSA) is 125 Å². The Morgan fingerprint density at radius 3 is 2.35 bits per heavy atom. The Morgan fingerprint density at radius 2 is 1.96 bits per heavy atom. The lowest BCUT2D eigenvalue weighted by atomic mass is 9.84. The number of ether oxygens (including phenoxy) is 2. The first-order chi connectivity index (χ1) is 10.5. The van der Waals surface area contributed by atoms with Gasteiger partial charge in [0.15, 0.2) is 0 Å². The van der Waals surface area contributed by atoms with E-state index in [-0.39, 0.29) is 12.3 Å². The van der Waals surface area contributed by atoms with Crippen LogP contribution in [-0.2, 0) is 19.1 Å². The normalized spacial score (nSPS) is 35.2. The summed E-state index contributed by atoms with van der Waals surface area (Å²) in [5.41, 5.74) is 0. The predicted octanol–water partition coefficient (Wildman–Crippen LogP) is -0.324. The molecule has 0 radical (unpaired) electrons. The molecular formula is C14H26NO7P. The van der Waals surface area contributed by atoms with Gasteiger partial charge in [0.1, 0.15) is 0 Å². The molecule has 1 saturated heterocycles. The van der Waals surface area contributed by atoms with Crippen LogP contribution in [-0.4, -0.2) is 63.2 Å².